The molecule has 1 aliphatic heterocycles. The number of carbonyl (C=O) groups excluding carboxylic acids is 1. The number of aromatic nitrogens is 1. The van der Waals surface area contributed by atoms with Crippen LogP contribution in [0.4, 0.5) is 11.5 Å². The van der Waals surface area contributed by atoms with Crippen LogP contribution in [0.15, 0.2) is 36.5 Å². The number of amides is 1. The number of hydrogen-bond acceptors (Lipinski definition) is 4. The fourth-order valence-corrected chi connectivity index (χ4v) is 3.28. The second-order valence-electron chi connectivity index (χ2n) is 6.12. The Hall–Kier alpha value is -1.82. The molecule has 1 aromatic heterocycles. The van der Waals surface area contributed by atoms with Crippen LogP contribution in [0.1, 0.15) is 24.2 Å². The molecule has 2 heterocycles. The van der Waals surface area contributed by atoms with Gasteiger partial charge >= 0.3 is 0 Å². The van der Waals surface area contributed by atoms with Gasteiger partial charge < -0.3 is 15.0 Å². The molecule has 0 spiro atoms. The van der Waals surface area contributed by atoms with Gasteiger partial charge in [-0.3, -0.25) is 4.79 Å². The molecule has 0 radical (unpaired) electrons. The van der Waals surface area contributed by atoms with Crippen LogP contribution >= 0.6 is 23.2 Å². The van der Waals surface area contributed by atoms with Gasteiger partial charge in [0.2, 0.25) is 0 Å². The molecule has 2 aromatic rings. The molecule has 1 aromatic carbocycles. The summed E-state index contributed by atoms with van der Waals surface area (Å²) in [6.07, 6.45) is 1.96. The molecule has 0 aliphatic carbocycles. The summed E-state index contributed by atoms with van der Waals surface area (Å²) in [5.74, 6) is 0.538. The highest BCUT2D eigenvalue weighted by atomic mass is 35.5. The van der Waals surface area contributed by atoms with Crippen LogP contribution in [-0.4, -0.2) is 36.2 Å². The molecule has 1 saturated heterocycles. The van der Waals surface area contributed by atoms with Gasteiger partial charge in [-0.25, -0.2) is 4.98 Å². The predicted molar refractivity (Wildman–Crippen MR) is 101 cm³/mol. The van der Waals surface area contributed by atoms with E-state index in [-0.39, 0.29) is 23.1 Å². The first-order valence-corrected chi connectivity index (χ1v) is 8.81. The molecule has 0 bridgehead atoms. The van der Waals surface area contributed by atoms with Crippen LogP contribution < -0.4 is 10.2 Å². The smallest absolute Gasteiger partial charge is 0.257 e. The first-order valence-electron chi connectivity index (χ1n) is 8.06. The van der Waals surface area contributed by atoms with Crippen molar-refractivity contribution in [3.05, 3.63) is 52.1 Å². The first-order chi connectivity index (χ1) is 11.9. The van der Waals surface area contributed by atoms with Crippen molar-refractivity contribution in [3.63, 3.8) is 0 Å². The third-order valence-corrected chi connectivity index (χ3v) is 4.76. The van der Waals surface area contributed by atoms with Crippen molar-refractivity contribution >= 4 is 40.6 Å². The van der Waals surface area contributed by atoms with E-state index in [0.717, 1.165) is 18.9 Å². The molecule has 132 valence electrons. The second-order valence-corrected chi connectivity index (χ2v) is 6.91. The first kappa shape index (κ1) is 18.0. The molecule has 7 heteroatoms. The summed E-state index contributed by atoms with van der Waals surface area (Å²) >= 11 is 12.0. The van der Waals surface area contributed by atoms with Crippen molar-refractivity contribution in [2.24, 2.45) is 0 Å². The number of ether oxygens (including phenoxy) is 1. The molecule has 1 aliphatic rings. The van der Waals surface area contributed by atoms with Crippen LogP contribution in [0.3, 0.4) is 0 Å². The van der Waals surface area contributed by atoms with E-state index in [1.807, 2.05) is 26.0 Å². The van der Waals surface area contributed by atoms with E-state index in [2.05, 4.69) is 15.2 Å². The van der Waals surface area contributed by atoms with Gasteiger partial charge in [0.15, 0.2) is 0 Å². The number of morpholine rings is 1. The number of nitrogens with zero attached hydrogens (tertiary/aromatic N) is 2. The zero-order valence-electron chi connectivity index (χ0n) is 14.0. The number of hydrogen-bond donors (Lipinski definition) is 1. The van der Waals surface area contributed by atoms with Crippen LogP contribution in [-0.2, 0) is 4.74 Å². The number of nitrogens with one attached hydrogen (secondary N) is 1. The number of benzene rings is 1. The molecule has 1 N–H and O–H groups in total. The molecule has 1 fully saturated rings. The fraction of sp³-hybridized carbons (Fsp3) is 0.333. The summed E-state index contributed by atoms with van der Waals surface area (Å²) in [5, 5.41) is 3.37. The predicted octanol–water partition coefficient (Wildman–Crippen LogP) is 4.25. The van der Waals surface area contributed by atoms with Gasteiger partial charge in [0.1, 0.15) is 5.82 Å². The minimum absolute atomic E-state index is 0.162. The average molecular weight is 380 g/mol. The number of halogens is 2. The summed E-state index contributed by atoms with van der Waals surface area (Å²) in [7, 11) is 0. The van der Waals surface area contributed by atoms with Crippen LogP contribution in [0.25, 0.3) is 0 Å². The minimum Gasteiger partial charge on any atom is -0.372 e. The highest BCUT2D eigenvalue weighted by Gasteiger charge is 2.23. The van der Waals surface area contributed by atoms with Crippen molar-refractivity contribution in [1.82, 2.24) is 4.98 Å². The zero-order valence-corrected chi connectivity index (χ0v) is 15.5. The van der Waals surface area contributed by atoms with E-state index in [1.54, 1.807) is 24.4 Å². The van der Waals surface area contributed by atoms with Crippen molar-refractivity contribution in [3.8, 4) is 0 Å². The van der Waals surface area contributed by atoms with E-state index in [1.165, 1.54) is 0 Å². The molecule has 3 rings (SSSR count). The van der Waals surface area contributed by atoms with Crippen LogP contribution in [0.5, 0.6) is 0 Å². The number of rotatable bonds is 3. The standard InChI is InChI=1S/C18H19Cl2N3O2/c1-11-9-23(10-12(2)25-11)16-7-6-13(8-21-16)22-18(24)14-4-3-5-15(19)17(14)20/h3-8,11-12H,9-10H2,1-2H3,(H,22,24). The molecule has 0 saturated carbocycles. The van der Waals surface area contributed by atoms with Crippen molar-refractivity contribution in [2.75, 3.05) is 23.3 Å². The maximum atomic E-state index is 12.4. The summed E-state index contributed by atoms with van der Waals surface area (Å²) in [4.78, 5) is 19.0. The highest BCUT2D eigenvalue weighted by Crippen LogP contribution is 2.26. The van der Waals surface area contributed by atoms with Crippen LogP contribution in [0.2, 0.25) is 10.0 Å². The fourth-order valence-electron chi connectivity index (χ4n) is 2.89. The molecule has 2 unspecified atom stereocenters. The maximum Gasteiger partial charge on any atom is 0.257 e. The van der Waals surface area contributed by atoms with E-state index >= 15 is 0 Å². The highest BCUT2D eigenvalue weighted by molar-refractivity contribution is 6.44. The van der Waals surface area contributed by atoms with Gasteiger partial charge in [-0.1, -0.05) is 29.3 Å². The summed E-state index contributed by atoms with van der Waals surface area (Å²) in [6.45, 7) is 5.68. The lowest BCUT2D eigenvalue weighted by molar-refractivity contribution is -0.00545. The van der Waals surface area contributed by atoms with Crippen molar-refractivity contribution < 1.29 is 9.53 Å². The monoisotopic (exact) mass is 379 g/mol. The molecule has 5 nitrogen and oxygen atoms in total. The Bertz CT molecular complexity index is 757. The molecular formula is C18H19Cl2N3O2. The molecule has 1 amide bonds. The Morgan fingerprint density at radius 2 is 1.92 bits per heavy atom. The van der Waals surface area contributed by atoms with Gasteiger partial charge in [0.25, 0.3) is 5.91 Å². The Morgan fingerprint density at radius 1 is 1.20 bits per heavy atom. The van der Waals surface area contributed by atoms with Gasteiger partial charge in [-0.15, -0.1) is 0 Å². The SMILES string of the molecule is CC1CN(c2ccc(NC(=O)c3cccc(Cl)c3Cl)cn2)CC(C)O1. The second kappa shape index (κ2) is 7.60. The van der Waals surface area contributed by atoms with Gasteiger partial charge in [0, 0.05) is 13.1 Å². The van der Waals surface area contributed by atoms with Gasteiger partial charge in [-0.2, -0.15) is 0 Å². The molecule has 2 atom stereocenters. The van der Waals surface area contributed by atoms with Gasteiger partial charge in [0.05, 0.1) is 39.7 Å². The van der Waals surface area contributed by atoms with Gasteiger partial charge in [-0.05, 0) is 38.1 Å². The zero-order chi connectivity index (χ0) is 18.0. The number of carbonyl (C=O) groups is 1. The Balaban J connectivity index is 1.70. The molecular weight excluding hydrogens is 361 g/mol. The summed E-state index contributed by atoms with van der Waals surface area (Å²) in [5.41, 5.74) is 0.924. The Morgan fingerprint density at radius 3 is 2.56 bits per heavy atom. The maximum absolute atomic E-state index is 12.4. The Labute approximate surface area is 156 Å². The molecule has 25 heavy (non-hydrogen) atoms. The van der Waals surface area contributed by atoms with E-state index in [9.17, 15) is 4.79 Å². The number of pyridine rings is 1. The quantitative estimate of drug-likeness (QED) is 0.865. The summed E-state index contributed by atoms with van der Waals surface area (Å²) in [6, 6.07) is 8.66. The van der Waals surface area contributed by atoms with Crippen molar-refractivity contribution in [2.45, 2.75) is 26.1 Å². The lowest BCUT2D eigenvalue weighted by atomic mass is 10.2. The lowest BCUT2D eigenvalue weighted by Gasteiger charge is -2.36. The topological polar surface area (TPSA) is 54.5 Å². The van der Waals surface area contributed by atoms with E-state index < -0.39 is 0 Å². The average Bonchev–Trinajstić information content (AvgIpc) is 2.57. The minimum atomic E-state index is -0.323. The van der Waals surface area contributed by atoms with Crippen LogP contribution in [0, 0.1) is 0 Å². The third-order valence-electron chi connectivity index (χ3n) is 3.95. The van der Waals surface area contributed by atoms with Crippen molar-refractivity contribution in [1.29, 1.82) is 0 Å². The van der Waals surface area contributed by atoms with E-state index in [4.69, 9.17) is 27.9 Å². The summed E-state index contributed by atoms with van der Waals surface area (Å²) < 4.78 is 5.73. The normalized spacial score (nSPS) is 20.4. The number of anilines is 2. The lowest BCUT2D eigenvalue weighted by Crippen LogP contribution is -2.45. The van der Waals surface area contributed by atoms with E-state index in [0.29, 0.717) is 16.3 Å². The third kappa shape index (κ3) is 4.24. The largest absolute Gasteiger partial charge is 0.372 e. The Kier molecular flexibility index (Phi) is 5.47.